The number of aromatic nitrogens is 3. The standard InChI is InChI=1S/C10H14ClN4S/c1-7-3-8(2)5-9(4-7)16-6-10(11)13-15(12)14-16/h3-6,13-14H,12H2,1-2H3/q+1. The number of benzene rings is 1. The van der Waals surface area contributed by atoms with Crippen molar-refractivity contribution in [1.82, 2.24) is 14.5 Å². The van der Waals surface area contributed by atoms with Crippen molar-refractivity contribution in [3.63, 3.8) is 0 Å². The summed E-state index contributed by atoms with van der Waals surface area (Å²) in [5.74, 6) is 5.62. The minimum Gasteiger partial charge on any atom is -0.306 e. The van der Waals surface area contributed by atoms with Gasteiger partial charge in [0.05, 0.1) is 0 Å². The van der Waals surface area contributed by atoms with E-state index in [4.69, 9.17) is 17.4 Å². The highest BCUT2D eigenvalue weighted by atomic mass is 35.5. The fourth-order valence-electron chi connectivity index (χ4n) is 1.58. The van der Waals surface area contributed by atoms with Gasteiger partial charge < -0.3 is 5.84 Å². The summed E-state index contributed by atoms with van der Waals surface area (Å²) < 4.78 is 3.08. The molecule has 0 amide bonds. The summed E-state index contributed by atoms with van der Waals surface area (Å²) in [5.41, 5.74) is 2.46. The Kier molecular flexibility index (Phi) is 2.98. The Balaban J connectivity index is 2.57. The molecule has 1 aromatic carbocycles. The number of nitrogens with two attached hydrogens (primary N) is 1. The van der Waals surface area contributed by atoms with E-state index in [9.17, 15) is 0 Å². The molecule has 4 nitrogen and oxygen atoms in total. The normalized spacial score (nSPS) is 11.6. The number of nitrogen functional groups attached to an aromatic ring is 1. The highest BCUT2D eigenvalue weighted by molar-refractivity contribution is 7.33. The maximum atomic E-state index is 5.93. The fraction of sp³-hybridized carbons (Fsp3) is 0.200. The summed E-state index contributed by atoms with van der Waals surface area (Å²) in [5, 5.41) is 5.19. The number of hydrogen-bond acceptors (Lipinski definition) is 1. The van der Waals surface area contributed by atoms with Crippen molar-refractivity contribution in [1.29, 1.82) is 0 Å². The zero-order valence-electron chi connectivity index (χ0n) is 9.12. The molecular weight excluding hydrogens is 244 g/mol. The first-order chi connectivity index (χ1) is 7.54. The van der Waals surface area contributed by atoms with E-state index in [2.05, 4.69) is 41.6 Å². The van der Waals surface area contributed by atoms with Crippen LogP contribution in [-0.2, 0) is 0 Å². The number of nitrogens with zero attached hydrogens (tertiary/aromatic N) is 1. The molecular formula is C10H14ClN4S+. The van der Waals surface area contributed by atoms with E-state index >= 15 is 0 Å². The molecule has 0 saturated carbocycles. The smallest absolute Gasteiger partial charge is 0.204 e. The molecule has 0 spiro atoms. The van der Waals surface area contributed by atoms with Crippen LogP contribution < -0.4 is 5.84 Å². The molecule has 4 N–H and O–H groups in total. The number of hydrogen-bond donors (Lipinski definition) is 3. The van der Waals surface area contributed by atoms with Gasteiger partial charge in [0.1, 0.15) is 10.7 Å². The molecule has 0 aliphatic rings. The minimum absolute atomic E-state index is 0.294. The van der Waals surface area contributed by atoms with Crippen molar-refractivity contribution in [2.45, 2.75) is 13.8 Å². The topological polar surface area (TPSA) is 62.5 Å². The molecule has 0 saturated heterocycles. The van der Waals surface area contributed by atoms with Crippen molar-refractivity contribution in [3.8, 4) is 4.90 Å². The lowest BCUT2D eigenvalue weighted by Crippen LogP contribution is -2.16. The molecule has 1 atom stereocenters. The van der Waals surface area contributed by atoms with Crippen molar-refractivity contribution in [3.05, 3.63) is 39.9 Å². The molecule has 2 aromatic rings. The molecule has 1 heterocycles. The SMILES string of the molecule is Cc1cc(C)cc(-[s+]2cc(Cl)[nH]n(N)[nH]2)c1. The molecule has 1 unspecified atom stereocenters. The van der Waals surface area contributed by atoms with Gasteiger partial charge in [0, 0.05) is 12.1 Å². The van der Waals surface area contributed by atoms with Crippen LogP contribution >= 0.6 is 22.3 Å². The number of nitrogens with one attached hydrogen (secondary N) is 2. The zero-order valence-corrected chi connectivity index (χ0v) is 10.7. The molecule has 0 aliphatic carbocycles. The molecule has 86 valence electrons. The number of rotatable bonds is 1. The molecule has 0 fully saturated rings. The fourth-order valence-corrected chi connectivity index (χ4v) is 3.38. The van der Waals surface area contributed by atoms with Gasteiger partial charge in [-0.05, 0) is 25.0 Å². The average molecular weight is 258 g/mol. The Morgan fingerprint density at radius 3 is 2.44 bits per heavy atom. The van der Waals surface area contributed by atoms with Gasteiger partial charge in [-0.15, -0.1) is 0 Å². The number of aryl methyl sites for hydroxylation is 2. The van der Waals surface area contributed by atoms with E-state index in [0.29, 0.717) is 5.15 Å². The Hall–Kier alpha value is -1.33. The second-order valence-electron chi connectivity index (χ2n) is 3.70. The first-order valence-electron chi connectivity index (χ1n) is 4.81. The van der Waals surface area contributed by atoms with Gasteiger partial charge in [0.2, 0.25) is 10.3 Å². The maximum Gasteiger partial charge on any atom is 0.204 e. The highest BCUT2D eigenvalue weighted by Gasteiger charge is 2.11. The van der Waals surface area contributed by atoms with Gasteiger partial charge in [-0.3, -0.25) is 0 Å². The third-order valence-electron chi connectivity index (χ3n) is 2.09. The van der Waals surface area contributed by atoms with Crippen LogP contribution in [-0.4, -0.2) is 14.5 Å². The van der Waals surface area contributed by atoms with E-state index in [1.165, 1.54) is 20.9 Å². The van der Waals surface area contributed by atoms with Crippen LogP contribution in [0.4, 0.5) is 0 Å². The molecule has 0 aliphatic heterocycles. The first kappa shape index (κ1) is 11.2. The maximum absolute atomic E-state index is 5.93. The molecule has 1 aromatic heterocycles. The summed E-state index contributed by atoms with van der Waals surface area (Å²) in [7, 11) is -0.294. The third-order valence-corrected chi connectivity index (χ3v) is 4.03. The summed E-state index contributed by atoms with van der Waals surface area (Å²) in [6, 6.07) is 6.40. The van der Waals surface area contributed by atoms with E-state index in [1.54, 1.807) is 0 Å². The largest absolute Gasteiger partial charge is 0.306 e. The van der Waals surface area contributed by atoms with Gasteiger partial charge in [-0.25, -0.2) is 5.10 Å². The van der Waals surface area contributed by atoms with Crippen molar-refractivity contribution in [2.24, 2.45) is 0 Å². The van der Waals surface area contributed by atoms with Crippen LogP contribution in [0.3, 0.4) is 0 Å². The lowest BCUT2D eigenvalue weighted by molar-refractivity contribution is 0.698. The van der Waals surface area contributed by atoms with E-state index in [1.807, 2.05) is 5.38 Å². The Morgan fingerprint density at radius 1 is 1.25 bits per heavy atom. The number of halogens is 1. The van der Waals surface area contributed by atoms with Crippen molar-refractivity contribution < 1.29 is 0 Å². The van der Waals surface area contributed by atoms with E-state index in [-0.39, 0.29) is 10.7 Å². The molecule has 16 heavy (non-hydrogen) atoms. The van der Waals surface area contributed by atoms with Crippen LogP contribution in [0.2, 0.25) is 5.15 Å². The van der Waals surface area contributed by atoms with E-state index in [0.717, 1.165) is 0 Å². The van der Waals surface area contributed by atoms with E-state index < -0.39 is 0 Å². The Bertz CT molecular complexity index is 454. The lowest BCUT2D eigenvalue weighted by atomic mass is 10.2. The third kappa shape index (κ3) is 2.43. The first-order valence-corrected chi connectivity index (χ1v) is 6.47. The number of H-pyrrole nitrogens is 2. The molecule has 6 heteroatoms. The van der Waals surface area contributed by atoms with Crippen LogP contribution in [0.15, 0.2) is 23.6 Å². The second-order valence-corrected chi connectivity index (χ2v) is 5.67. The lowest BCUT2D eigenvalue weighted by Gasteiger charge is -2.01. The summed E-state index contributed by atoms with van der Waals surface area (Å²) in [4.78, 5) is 2.45. The van der Waals surface area contributed by atoms with Gasteiger partial charge in [0.25, 0.3) is 0 Å². The summed E-state index contributed by atoms with van der Waals surface area (Å²) in [6.07, 6.45) is 0. The average Bonchev–Trinajstić information content (AvgIpc) is 2.14. The van der Waals surface area contributed by atoms with Crippen LogP contribution in [0.25, 0.3) is 4.90 Å². The molecule has 0 radical (unpaired) electrons. The second kappa shape index (κ2) is 4.27. The summed E-state index contributed by atoms with van der Waals surface area (Å²) in [6.45, 7) is 4.15. The van der Waals surface area contributed by atoms with Crippen LogP contribution in [0, 0.1) is 13.8 Å². The quantitative estimate of drug-likeness (QED) is 0.534. The predicted molar refractivity (Wildman–Crippen MR) is 69.2 cm³/mol. The Labute approximate surface area is 101 Å². The predicted octanol–water partition coefficient (Wildman–Crippen LogP) is 2.99. The van der Waals surface area contributed by atoms with Crippen molar-refractivity contribution in [2.75, 3.05) is 5.84 Å². The van der Waals surface area contributed by atoms with Crippen molar-refractivity contribution >= 4 is 22.3 Å². The summed E-state index contributed by atoms with van der Waals surface area (Å²) >= 11 is 5.93. The number of aromatic amines is 2. The molecule has 2 rings (SSSR count). The monoisotopic (exact) mass is 257 g/mol. The van der Waals surface area contributed by atoms with Crippen LogP contribution in [0.5, 0.6) is 0 Å². The highest BCUT2D eigenvalue weighted by Crippen LogP contribution is 2.29. The Morgan fingerprint density at radius 2 is 1.88 bits per heavy atom. The van der Waals surface area contributed by atoms with Gasteiger partial charge in [0.15, 0.2) is 5.15 Å². The van der Waals surface area contributed by atoms with Gasteiger partial charge >= 0.3 is 0 Å². The molecule has 0 bridgehead atoms. The van der Waals surface area contributed by atoms with Gasteiger partial charge in [-0.1, -0.05) is 27.1 Å². The minimum atomic E-state index is -0.294. The van der Waals surface area contributed by atoms with Crippen LogP contribution in [0.1, 0.15) is 11.1 Å². The zero-order chi connectivity index (χ0) is 11.7. The van der Waals surface area contributed by atoms with Gasteiger partial charge in [-0.2, -0.15) is 0 Å².